The summed E-state index contributed by atoms with van der Waals surface area (Å²) in [4.78, 5) is 6.02. The quantitative estimate of drug-likeness (QED) is 0.581. The summed E-state index contributed by atoms with van der Waals surface area (Å²) >= 11 is 0. The smallest absolute Gasteiger partial charge is 0.0606 e. The molecule has 1 aromatic heterocycles. The molecule has 5 nitrogen and oxygen atoms in total. The van der Waals surface area contributed by atoms with Crippen LogP contribution >= 0.6 is 0 Å². The number of aliphatic hydroxyl groups excluding tert-OH is 2. The summed E-state index contributed by atoms with van der Waals surface area (Å²) in [5.41, 5.74) is 7.15. The normalized spacial score (nSPS) is 10.3. The van der Waals surface area contributed by atoms with Gasteiger partial charge in [-0.3, -0.25) is 4.98 Å². The van der Waals surface area contributed by atoms with Crippen LogP contribution in [0.5, 0.6) is 0 Å². The average molecular weight is 211 g/mol. The van der Waals surface area contributed by atoms with Crippen LogP contribution in [-0.4, -0.2) is 41.5 Å². The summed E-state index contributed by atoms with van der Waals surface area (Å²) in [6, 6.07) is 3.73. The lowest BCUT2D eigenvalue weighted by Crippen LogP contribution is -2.29. The first-order valence-corrected chi connectivity index (χ1v) is 4.93. The summed E-state index contributed by atoms with van der Waals surface area (Å²) in [5, 5.41) is 17.7. The van der Waals surface area contributed by atoms with Crippen molar-refractivity contribution in [3.8, 4) is 0 Å². The van der Waals surface area contributed by atoms with E-state index in [0.717, 1.165) is 11.4 Å². The van der Waals surface area contributed by atoms with E-state index in [4.69, 9.17) is 15.9 Å². The topological polar surface area (TPSA) is 82.6 Å². The Hall–Kier alpha value is -1.17. The van der Waals surface area contributed by atoms with Crippen molar-refractivity contribution in [3.05, 3.63) is 24.0 Å². The van der Waals surface area contributed by atoms with Crippen LogP contribution < -0.4 is 10.6 Å². The maximum absolute atomic E-state index is 8.86. The van der Waals surface area contributed by atoms with Gasteiger partial charge in [-0.2, -0.15) is 0 Å². The van der Waals surface area contributed by atoms with Crippen LogP contribution in [0.4, 0.5) is 5.69 Å². The Labute approximate surface area is 89.2 Å². The first kappa shape index (κ1) is 11.9. The zero-order valence-electron chi connectivity index (χ0n) is 8.63. The Morgan fingerprint density at radius 1 is 1.20 bits per heavy atom. The van der Waals surface area contributed by atoms with E-state index in [-0.39, 0.29) is 13.2 Å². The summed E-state index contributed by atoms with van der Waals surface area (Å²) in [6.07, 6.45) is 1.70. The van der Waals surface area contributed by atoms with Crippen LogP contribution in [0.25, 0.3) is 0 Å². The van der Waals surface area contributed by atoms with Crippen LogP contribution in [0.2, 0.25) is 0 Å². The van der Waals surface area contributed by atoms with Gasteiger partial charge in [-0.15, -0.1) is 0 Å². The number of hydrogen-bond donors (Lipinski definition) is 3. The van der Waals surface area contributed by atoms with Gasteiger partial charge in [-0.25, -0.2) is 0 Å². The first-order chi connectivity index (χ1) is 7.31. The van der Waals surface area contributed by atoms with Crippen LogP contribution in [0.3, 0.4) is 0 Å². The molecule has 0 aliphatic carbocycles. The molecule has 0 saturated carbocycles. The number of nitrogens with two attached hydrogens (primary N) is 1. The molecule has 1 aromatic rings. The molecule has 0 aromatic carbocycles. The number of nitrogens with zero attached hydrogens (tertiary/aromatic N) is 2. The van der Waals surface area contributed by atoms with Gasteiger partial charge in [0.25, 0.3) is 0 Å². The minimum atomic E-state index is 0.0542. The van der Waals surface area contributed by atoms with E-state index in [0.29, 0.717) is 19.6 Å². The minimum absolute atomic E-state index is 0.0542. The van der Waals surface area contributed by atoms with Gasteiger partial charge in [0.2, 0.25) is 0 Å². The zero-order chi connectivity index (χ0) is 11.1. The lowest BCUT2D eigenvalue weighted by Gasteiger charge is -2.22. The molecule has 0 bridgehead atoms. The van der Waals surface area contributed by atoms with Crippen molar-refractivity contribution < 1.29 is 10.2 Å². The number of aromatic nitrogens is 1. The second kappa shape index (κ2) is 6.34. The van der Waals surface area contributed by atoms with E-state index in [1.54, 1.807) is 6.20 Å². The molecule has 5 heteroatoms. The lowest BCUT2D eigenvalue weighted by atomic mass is 10.3. The zero-order valence-corrected chi connectivity index (χ0v) is 8.63. The Morgan fingerprint density at radius 3 is 2.27 bits per heavy atom. The van der Waals surface area contributed by atoms with Crippen LogP contribution in [0.1, 0.15) is 5.69 Å². The lowest BCUT2D eigenvalue weighted by molar-refractivity contribution is 0.281. The highest BCUT2D eigenvalue weighted by atomic mass is 16.3. The molecule has 4 N–H and O–H groups in total. The molecule has 0 spiro atoms. The Morgan fingerprint density at radius 2 is 1.87 bits per heavy atom. The maximum atomic E-state index is 8.86. The van der Waals surface area contributed by atoms with E-state index in [2.05, 4.69) is 4.98 Å². The third-order valence-electron chi connectivity index (χ3n) is 2.12. The van der Waals surface area contributed by atoms with Crippen molar-refractivity contribution in [3.63, 3.8) is 0 Å². The predicted octanol–water partition coefficient (Wildman–Crippen LogP) is -0.669. The van der Waals surface area contributed by atoms with Gasteiger partial charge in [-0.05, 0) is 12.1 Å². The van der Waals surface area contributed by atoms with Crippen LogP contribution in [0.15, 0.2) is 18.3 Å². The van der Waals surface area contributed by atoms with Gasteiger partial charge in [0, 0.05) is 19.6 Å². The molecule has 1 rings (SSSR count). The fraction of sp³-hybridized carbons (Fsp3) is 0.500. The molecule has 15 heavy (non-hydrogen) atoms. The van der Waals surface area contributed by atoms with Crippen molar-refractivity contribution in [2.24, 2.45) is 5.73 Å². The van der Waals surface area contributed by atoms with Crippen molar-refractivity contribution in [2.75, 3.05) is 31.2 Å². The molecule has 0 fully saturated rings. The third-order valence-corrected chi connectivity index (χ3v) is 2.12. The molecule has 0 radical (unpaired) electrons. The van der Waals surface area contributed by atoms with E-state index in [1.807, 2.05) is 17.0 Å². The van der Waals surface area contributed by atoms with Crippen molar-refractivity contribution in [1.82, 2.24) is 4.98 Å². The Kier molecular flexibility index (Phi) is 5.03. The largest absolute Gasteiger partial charge is 0.395 e. The molecule has 0 amide bonds. The number of rotatable bonds is 6. The van der Waals surface area contributed by atoms with Gasteiger partial charge in [0.1, 0.15) is 0 Å². The molecule has 1 heterocycles. The molecule has 0 atom stereocenters. The fourth-order valence-electron chi connectivity index (χ4n) is 1.34. The third kappa shape index (κ3) is 3.47. The minimum Gasteiger partial charge on any atom is -0.395 e. The van der Waals surface area contributed by atoms with E-state index >= 15 is 0 Å². The van der Waals surface area contributed by atoms with Crippen LogP contribution in [0, 0.1) is 0 Å². The van der Waals surface area contributed by atoms with E-state index < -0.39 is 0 Å². The van der Waals surface area contributed by atoms with Gasteiger partial charge < -0.3 is 20.8 Å². The SMILES string of the molecule is NCc1ccc(N(CCO)CCO)cn1. The molecule has 84 valence electrons. The molecule has 0 unspecified atom stereocenters. The summed E-state index contributed by atoms with van der Waals surface area (Å²) < 4.78 is 0. The number of hydrogen-bond acceptors (Lipinski definition) is 5. The van der Waals surface area contributed by atoms with Crippen LogP contribution in [-0.2, 0) is 6.54 Å². The number of pyridine rings is 1. The van der Waals surface area contributed by atoms with E-state index in [9.17, 15) is 0 Å². The summed E-state index contributed by atoms with van der Waals surface area (Å²) in [6.45, 7) is 1.51. The monoisotopic (exact) mass is 211 g/mol. The summed E-state index contributed by atoms with van der Waals surface area (Å²) in [5.74, 6) is 0. The van der Waals surface area contributed by atoms with Gasteiger partial charge in [0.15, 0.2) is 0 Å². The predicted molar refractivity (Wildman–Crippen MR) is 58.5 cm³/mol. The van der Waals surface area contributed by atoms with Crippen molar-refractivity contribution >= 4 is 5.69 Å². The highest BCUT2D eigenvalue weighted by Crippen LogP contribution is 2.12. The van der Waals surface area contributed by atoms with Crippen molar-refractivity contribution in [2.45, 2.75) is 6.54 Å². The highest BCUT2D eigenvalue weighted by Gasteiger charge is 2.05. The molecule has 0 aliphatic rings. The van der Waals surface area contributed by atoms with Crippen molar-refractivity contribution in [1.29, 1.82) is 0 Å². The molecule has 0 aliphatic heterocycles. The molecule has 0 saturated heterocycles. The van der Waals surface area contributed by atoms with Gasteiger partial charge in [-0.1, -0.05) is 0 Å². The van der Waals surface area contributed by atoms with Gasteiger partial charge >= 0.3 is 0 Å². The first-order valence-electron chi connectivity index (χ1n) is 4.93. The van der Waals surface area contributed by atoms with E-state index in [1.165, 1.54) is 0 Å². The number of anilines is 1. The molecular formula is C10H17N3O2. The van der Waals surface area contributed by atoms with Gasteiger partial charge in [0.05, 0.1) is 30.8 Å². The highest BCUT2D eigenvalue weighted by molar-refractivity contribution is 5.44. The Balaban J connectivity index is 2.72. The fourth-order valence-corrected chi connectivity index (χ4v) is 1.34. The average Bonchev–Trinajstić information content (AvgIpc) is 2.29. The Bertz CT molecular complexity index is 271. The maximum Gasteiger partial charge on any atom is 0.0606 e. The second-order valence-electron chi connectivity index (χ2n) is 3.15. The second-order valence-corrected chi connectivity index (χ2v) is 3.15. The molecular weight excluding hydrogens is 194 g/mol. The standard InChI is InChI=1S/C10H17N3O2/c11-7-9-1-2-10(8-12-9)13(3-5-14)4-6-15/h1-2,8,14-15H,3-7,11H2. The number of aliphatic hydroxyl groups is 2. The summed E-state index contributed by atoms with van der Waals surface area (Å²) in [7, 11) is 0.